The number of hydrogen-bond acceptors (Lipinski definition) is 6. The Labute approximate surface area is 180 Å². The van der Waals surface area contributed by atoms with Crippen LogP contribution in [0.1, 0.15) is 29.9 Å². The lowest BCUT2D eigenvalue weighted by Crippen LogP contribution is -2.29. The van der Waals surface area contributed by atoms with E-state index in [1.54, 1.807) is 18.2 Å². The van der Waals surface area contributed by atoms with Crippen molar-refractivity contribution in [2.45, 2.75) is 25.4 Å². The van der Waals surface area contributed by atoms with E-state index in [1.165, 1.54) is 0 Å². The number of nitrogens with two attached hydrogens (primary N) is 2. The second-order valence-corrected chi connectivity index (χ2v) is 7.94. The predicted molar refractivity (Wildman–Crippen MR) is 121 cm³/mol. The van der Waals surface area contributed by atoms with Crippen LogP contribution < -0.4 is 21.5 Å². The second kappa shape index (κ2) is 8.81. The van der Waals surface area contributed by atoms with E-state index in [-0.39, 0.29) is 17.5 Å². The number of phenolic OH excluding ortho intramolecular Hbond substituents is 1. The first-order valence-corrected chi connectivity index (χ1v) is 10.4. The highest BCUT2D eigenvalue weighted by Crippen LogP contribution is 2.41. The summed E-state index contributed by atoms with van der Waals surface area (Å²) in [6.45, 7) is 2.18. The maximum Gasteiger partial charge on any atom is 0.147 e. The molecule has 1 atom stereocenters. The fraction of sp³-hybridized carbons (Fsp3) is 0.261. The van der Waals surface area contributed by atoms with Crippen molar-refractivity contribution in [1.29, 1.82) is 0 Å². The molecule has 0 spiro atoms. The van der Waals surface area contributed by atoms with E-state index in [4.69, 9.17) is 27.8 Å². The van der Waals surface area contributed by atoms with Crippen molar-refractivity contribution < 1.29 is 9.84 Å². The summed E-state index contributed by atoms with van der Waals surface area (Å²) in [6, 6.07) is 14.5. The van der Waals surface area contributed by atoms with Gasteiger partial charge in [0.1, 0.15) is 23.9 Å². The van der Waals surface area contributed by atoms with Crippen LogP contribution in [0.4, 0.5) is 11.5 Å². The molecular formula is C23H25ClN4O2. The molecule has 0 saturated carbocycles. The first kappa shape index (κ1) is 20.3. The number of phenols is 1. The molecule has 6 nitrogen and oxygen atoms in total. The average molecular weight is 425 g/mol. The van der Waals surface area contributed by atoms with E-state index in [1.807, 2.05) is 30.3 Å². The molecule has 0 aliphatic carbocycles. The third-order valence-electron chi connectivity index (χ3n) is 5.42. The minimum Gasteiger partial charge on any atom is -0.507 e. The van der Waals surface area contributed by atoms with Gasteiger partial charge in [0.25, 0.3) is 0 Å². The fourth-order valence-electron chi connectivity index (χ4n) is 3.82. The van der Waals surface area contributed by atoms with Crippen molar-refractivity contribution in [2.75, 3.05) is 24.6 Å². The zero-order chi connectivity index (χ0) is 21.1. The number of ether oxygens (including phenoxy) is 1. The molecule has 1 aromatic heterocycles. The topological polar surface area (TPSA) is 106 Å². The molecule has 2 heterocycles. The van der Waals surface area contributed by atoms with Crippen molar-refractivity contribution in [1.82, 2.24) is 10.3 Å². The van der Waals surface area contributed by atoms with Crippen LogP contribution in [-0.4, -0.2) is 23.2 Å². The van der Waals surface area contributed by atoms with Gasteiger partial charge >= 0.3 is 0 Å². The number of aromatic hydroxyl groups is 1. The molecular weight excluding hydrogens is 400 g/mol. The van der Waals surface area contributed by atoms with Crippen molar-refractivity contribution in [3.63, 3.8) is 0 Å². The number of halogens is 1. The summed E-state index contributed by atoms with van der Waals surface area (Å²) in [7, 11) is 0. The summed E-state index contributed by atoms with van der Waals surface area (Å²) in [5.41, 5.74) is 15.9. The largest absolute Gasteiger partial charge is 0.507 e. The number of nitrogens with one attached hydrogen (secondary N) is 1. The number of rotatable bonds is 5. The summed E-state index contributed by atoms with van der Waals surface area (Å²) < 4.78 is 6.03. The van der Waals surface area contributed by atoms with Gasteiger partial charge in [0.2, 0.25) is 0 Å². The van der Waals surface area contributed by atoms with Crippen LogP contribution in [0, 0.1) is 0 Å². The highest BCUT2D eigenvalue weighted by Gasteiger charge is 2.22. The van der Waals surface area contributed by atoms with E-state index in [9.17, 15) is 5.11 Å². The van der Waals surface area contributed by atoms with Gasteiger partial charge in [-0.05, 0) is 66.8 Å². The van der Waals surface area contributed by atoms with Gasteiger partial charge in [0.05, 0.1) is 16.9 Å². The van der Waals surface area contributed by atoms with Crippen LogP contribution in [0.15, 0.2) is 48.5 Å². The molecule has 0 bridgehead atoms. The Kier molecular flexibility index (Phi) is 5.97. The molecule has 1 aliphatic heterocycles. The van der Waals surface area contributed by atoms with Crippen LogP contribution in [0.5, 0.6) is 11.5 Å². The minimum atomic E-state index is 0.0768. The van der Waals surface area contributed by atoms with E-state index < -0.39 is 0 Å². The lowest BCUT2D eigenvalue weighted by atomic mass is 9.89. The van der Waals surface area contributed by atoms with Gasteiger partial charge in [-0.15, -0.1) is 0 Å². The molecule has 30 heavy (non-hydrogen) atoms. The quantitative estimate of drug-likeness (QED) is 0.486. The van der Waals surface area contributed by atoms with Gasteiger partial charge < -0.3 is 26.6 Å². The fourth-order valence-corrected chi connectivity index (χ4v) is 3.94. The molecule has 1 aliphatic rings. The maximum atomic E-state index is 10.6. The Morgan fingerprint density at radius 3 is 2.70 bits per heavy atom. The van der Waals surface area contributed by atoms with Crippen LogP contribution in [-0.2, 0) is 6.61 Å². The number of nitrogens with zero attached hydrogens (tertiary/aromatic N) is 1. The standard InChI is InChI=1S/C23H25ClN4O2/c24-16-8-6-14(7-9-16)13-30-20-5-1-4-19(29)21(20)18-11-17(22(25)23(26)28-18)15-3-2-10-27-12-15/h1,4-9,11,15,27,29H,2-3,10,12-13,25H2,(H2,26,28). The molecule has 2 aromatic carbocycles. The normalized spacial score (nSPS) is 16.4. The summed E-state index contributed by atoms with van der Waals surface area (Å²) in [5, 5.41) is 14.7. The number of piperidine rings is 1. The molecule has 4 rings (SSSR count). The molecule has 1 unspecified atom stereocenters. The molecule has 0 radical (unpaired) electrons. The summed E-state index contributed by atoms with van der Waals surface area (Å²) in [6.07, 6.45) is 2.11. The van der Waals surface area contributed by atoms with E-state index >= 15 is 0 Å². The molecule has 7 heteroatoms. The highest BCUT2D eigenvalue weighted by molar-refractivity contribution is 6.30. The summed E-state index contributed by atoms with van der Waals surface area (Å²) >= 11 is 5.95. The van der Waals surface area contributed by atoms with E-state index in [2.05, 4.69) is 10.3 Å². The Balaban J connectivity index is 1.69. The van der Waals surface area contributed by atoms with Crippen molar-refractivity contribution >= 4 is 23.1 Å². The number of aromatic nitrogens is 1. The zero-order valence-corrected chi connectivity index (χ0v) is 17.3. The van der Waals surface area contributed by atoms with Gasteiger partial charge in [0, 0.05) is 11.6 Å². The Morgan fingerprint density at radius 2 is 1.97 bits per heavy atom. The van der Waals surface area contributed by atoms with E-state index in [0.717, 1.165) is 37.1 Å². The first-order valence-electron chi connectivity index (χ1n) is 9.99. The first-order chi connectivity index (χ1) is 14.5. The van der Waals surface area contributed by atoms with Crippen molar-refractivity contribution in [3.8, 4) is 22.8 Å². The predicted octanol–water partition coefficient (Wildman–Crippen LogP) is 4.32. The number of hydrogen-bond donors (Lipinski definition) is 4. The smallest absolute Gasteiger partial charge is 0.147 e. The van der Waals surface area contributed by atoms with Gasteiger partial charge in [-0.1, -0.05) is 29.8 Å². The number of anilines is 2. The SMILES string of the molecule is Nc1nc(-c2c(O)cccc2OCc2ccc(Cl)cc2)cc(C2CCCNC2)c1N. The number of benzene rings is 2. The van der Waals surface area contributed by atoms with Crippen LogP contribution >= 0.6 is 11.6 Å². The third kappa shape index (κ3) is 4.30. The molecule has 1 fully saturated rings. The monoisotopic (exact) mass is 424 g/mol. The van der Waals surface area contributed by atoms with Crippen LogP contribution in [0.2, 0.25) is 5.02 Å². The van der Waals surface area contributed by atoms with Gasteiger partial charge in [-0.2, -0.15) is 0 Å². The van der Waals surface area contributed by atoms with E-state index in [0.29, 0.717) is 34.3 Å². The minimum absolute atomic E-state index is 0.0768. The van der Waals surface area contributed by atoms with Gasteiger partial charge in [0.15, 0.2) is 0 Å². The zero-order valence-electron chi connectivity index (χ0n) is 16.6. The third-order valence-corrected chi connectivity index (χ3v) is 5.68. The Morgan fingerprint density at radius 1 is 1.17 bits per heavy atom. The Bertz CT molecular complexity index is 1030. The molecule has 1 saturated heterocycles. The number of pyridine rings is 1. The lowest BCUT2D eigenvalue weighted by Gasteiger charge is -2.25. The lowest BCUT2D eigenvalue weighted by molar-refractivity contribution is 0.306. The maximum absolute atomic E-state index is 10.6. The van der Waals surface area contributed by atoms with Crippen LogP contribution in [0.3, 0.4) is 0 Å². The Hall–Kier alpha value is -2.96. The van der Waals surface area contributed by atoms with Crippen LogP contribution in [0.25, 0.3) is 11.3 Å². The highest BCUT2D eigenvalue weighted by atomic mass is 35.5. The molecule has 3 aromatic rings. The van der Waals surface area contributed by atoms with Gasteiger partial charge in [-0.25, -0.2) is 4.98 Å². The second-order valence-electron chi connectivity index (χ2n) is 7.50. The van der Waals surface area contributed by atoms with Gasteiger partial charge in [-0.3, -0.25) is 0 Å². The summed E-state index contributed by atoms with van der Waals surface area (Å²) in [4.78, 5) is 4.46. The molecule has 6 N–H and O–H groups in total. The average Bonchev–Trinajstić information content (AvgIpc) is 2.76. The van der Waals surface area contributed by atoms with Crippen molar-refractivity contribution in [3.05, 3.63) is 64.7 Å². The number of nitrogen functional groups attached to an aromatic ring is 2. The molecule has 0 amide bonds. The summed E-state index contributed by atoms with van der Waals surface area (Å²) in [5.74, 6) is 1.12. The van der Waals surface area contributed by atoms with Crippen molar-refractivity contribution in [2.24, 2.45) is 0 Å². The molecule has 156 valence electrons.